The molecule has 2 aromatic rings. The second-order valence-corrected chi connectivity index (χ2v) is 12.1. The summed E-state index contributed by atoms with van der Waals surface area (Å²) >= 11 is 0. The van der Waals surface area contributed by atoms with Crippen LogP contribution in [0.2, 0.25) is 0 Å². The Morgan fingerprint density at radius 1 is 1.15 bits per heavy atom. The number of H-pyrrole nitrogens is 1. The van der Waals surface area contributed by atoms with E-state index in [1.807, 2.05) is 32.9 Å². The van der Waals surface area contributed by atoms with E-state index in [9.17, 15) is 9.59 Å². The number of anilines is 1. The van der Waals surface area contributed by atoms with Crippen molar-refractivity contribution in [3.63, 3.8) is 0 Å². The average molecular weight is 567 g/mol. The minimum absolute atomic E-state index is 0.110. The summed E-state index contributed by atoms with van der Waals surface area (Å²) in [4.78, 5) is 33.9. The number of benzene rings is 1. The third-order valence-electron chi connectivity index (χ3n) is 8.85. The molecule has 0 radical (unpaired) electrons. The predicted molar refractivity (Wildman–Crippen MR) is 160 cm³/mol. The molecule has 0 bridgehead atoms. The van der Waals surface area contributed by atoms with E-state index >= 15 is 0 Å². The molecule has 1 aromatic carbocycles. The first-order valence-electron chi connectivity index (χ1n) is 15.2. The third kappa shape index (κ3) is 6.63. The van der Waals surface area contributed by atoms with Crippen molar-refractivity contribution in [2.24, 2.45) is 0 Å². The summed E-state index contributed by atoms with van der Waals surface area (Å²) in [5.74, 6) is 0.500. The Balaban J connectivity index is 1.35. The quantitative estimate of drug-likeness (QED) is 0.476. The molecule has 2 saturated heterocycles. The molecule has 3 aliphatic rings. The molecule has 1 amide bonds. The molecule has 9 heteroatoms. The topological polar surface area (TPSA) is 96.1 Å². The van der Waals surface area contributed by atoms with E-state index in [1.165, 1.54) is 0 Å². The standard InChI is InChI=1S/C32H46N4O5/c1-7-36(24-8-9-39-18-24)30-14-27(41-26-11-25(12-26)35-16-21(4)40-22(5)17-35)13-28(23(30)6)31(37)33-15-29-19(2)10-20(3)34-32(29)38/h10,13-14,21-22,24-26H,7-9,11-12,15-18H2,1-6H3,(H,33,37)(H,34,38)/t21-,22+,24?,25-,26-. The number of rotatable bonds is 9. The lowest BCUT2D eigenvalue weighted by molar-refractivity contribution is -0.103. The number of nitrogens with one attached hydrogen (secondary N) is 2. The van der Waals surface area contributed by atoms with Crippen LogP contribution in [-0.4, -0.2) is 79.0 Å². The van der Waals surface area contributed by atoms with Crippen molar-refractivity contribution >= 4 is 11.6 Å². The smallest absolute Gasteiger partial charge is 0.253 e. The Kier molecular flexibility index (Phi) is 9.06. The summed E-state index contributed by atoms with van der Waals surface area (Å²) in [7, 11) is 0. The van der Waals surface area contributed by atoms with Gasteiger partial charge in [0, 0.05) is 80.2 Å². The van der Waals surface area contributed by atoms with E-state index in [2.05, 4.69) is 46.9 Å². The number of pyridine rings is 1. The molecule has 3 fully saturated rings. The van der Waals surface area contributed by atoms with Crippen LogP contribution in [0, 0.1) is 20.8 Å². The minimum atomic E-state index is -0.213. The van der Waals surface area contributed by atoms with Crippen LogP contribution in [0.4, 0.5) is 5.69 Å². The summed E-state index contributed by atoms with van der Waals surface area (Å²) in [6, 6.07) is 6.64. The second-order valence-electron chi connectivity index (χ2n) is 12.1. The fourth-order valence-corrected chi connectivity index (χ4v) is 6.67. The number of carbonyl (C=O) groups excluding carboxylic acids is 1. The van der Waals surface area contributed by atoms with Gasteiger partial charge in [0.1, 0.15) is 11.9 Å². The fraction of sp³-hybridized carbons (Fsp3) is 0.625. The van der Waals surface area contributed by atoms with Gasteiger partial charge in [-0.25, -0.2) is 0 Å². The molecule has 3 heterocycles. The summed E-state index contributed by atoms with van der Waals surface area (Å²) < 4.78 is 18.2. The molecular weight excluding hydrogens is 520 g/mol. The molecule has 2 aliphatic heterocycles. The molecule has 5 rings (SSSR count). The molecule has 224 valence electrons. The summed E-state index contributed by atoms with van der Waals surface area (Å²) in [5.41, 5.74) is 4.55. The van der Waals surface area contributed by atoms with Crippen molar-refractivity contribution in [2.45, 2.75) is 97.7 Å². The van der Waals surface area contributed by atoms with Gasteiger partial charge in [-0.1, -0.05) is 0 Å². The molecular formula is C32H46N4O5. The zero-order valence-electron chi connectivity index (χ0n) is 25.4. The van der Waals surface area contributed by atoms with E-state index in [0.717, 1.165) is 68.0 Å². The van der Waals surface area contributed by atoms with Gasteiger partial charge in [0.05, 0.1) is 24.9 Å². The molecule has 3 atom stereocenters. The number of hydrogen-bond donors (Lipinski definition) is 2. The molecule has 1 unspecified atom stereocenters. The highest BCUT2D eigenvalue weighted by Gasteiger charge is 2.38. The third-order valence-corrected chi connectivity index (χ3v) is 8.85. The van der Waals surface area contributed by atoms with Crippen molar-refractivity contribution in [3.05, 3.63) is 56.5 Å². The largest absolute Gasteiger partial charge is 0.490 e. The van der Waals surface area contributed by atoms with Gasteiger partial charge in [0.2, 0.25) is 0 Å². The number of carbonyl (C=O) groups is 1. The number of amides is 1. The highest BCUT2D eigenvalue weighted by Crippen LogP contribution is 2.36. The number of aryl methyl sites for hydroxylation is 2. The van der Waals surface area contributed by atoms with Crippen molar-refractivity contribution in [1.82, 2.24) is 15.2 Å². The van der Waals surface area contributed by atoms with Crippen LogP contribution in [0.3, 0.4) is 0 Å². The monoisotopic (exact) mass is 566 g/mol. The van der Waals surface area contributed by atoms with Gasteiger partial charge in [-0.3, -0.25) is 14.5 Å². The van der Waals surface area contributed by atoms with Gasteiger partial charge in [-0.2, -0.15) is 0 Å². The van der Waals surface area contributed by atoms with E-state index in [1.54, 1.807) is 0 Å². The van der Waals surface area contributed by atoms with Gasteiger partial charge in [-0.05, 0) is 71.2 Å². The van der Waals surface area contributed by atoms with Crippen molar-refractivity contribution in [2.75, 3.05) is 37.7 Å². The first-order chi connectivity index (χ1) is 19.6. The maximum Gasteiger partial charge on any atom is 0.253 e. The Labute approximate surface area is 243 Å². The van der Waals surface area contributed by atoms with Crippen LogP contribution in [0.15, 0.2) is 23.0 Å². The maximum atomic E-state index is 13.6. The van der Waals surface area contributed by atoms with Gasteiger partial charge in [0.25, 0.3) is 11.5 Å². The highest BCUT2D eigenvalue weighted by molar-refractivity contribution is 5.97. The van der Waals surface area contributed by atoms with Crippen LogP contribution in [0.1, 0.15) is 72.8 Å². The molecule has 9 nitrogen and oxygen atoms in total. The van der Waals surface area contributed by atoms with Crippen molar-refractivity contribution in [1.29, 1.82) is 0 Å². The Hall–Kier alpha value is -2.88. The van der Waals surface area contributed by atoms with E-state index in [4.69, 9.17) is 14.2 Å². The number of aromatic nitrogens is 1. The number of ether oxygens (including phenoxy) is 3. The van der Waals surface area contributed by atoms with Crippen LogP contribution >= 0.6 is 0 Å². The fourth-order valence-electron chi connectivity index (χ4n) is 6.67. The zero-order valence-corrected chi connectivity index (χ0v) is 25.4. The average Bonchev–Trinajstić information content (AvgIpc) is 3.41. The number of likely N-dealkylation sites (N-methyl/N-ethyl adjacent to an activating group) is 1. The van der Waals surface area contributed by atoms with Gasteiger partial charge in [-0.15, -0.1) is 0 Å². The molecule has 1 aliphatic carbocycles. The lowest BCUT2D eigenvalue weighted by atomic mass is 9.87. The SMILES string of the molecule is CCN(c1cc(O[C@H]2C[C@H](N3C[C@@H](C)O[C@@H](C)C3)C2)cc(C(=O)NCc2c(C)cc(C)[nH]c2=O)c1C)C1CCOC1. The molecule has 2 N–H and O–H groups in total. The van der Waals surface area contributed by atoms with Crippen LogP contribution in [-0.2, 0) is 16.0 Å². The number of hydrogen-bond acceptors (Lipinski definition) is 7. The summed E-state index contributed by atoms with van der Waals surface area (Å²) in [6.45, 7) is 16.5. The first kappa shape index (κ1) is 29.6. The maximum absolute atomic E-state index is 13.6. The summed E-state index contributed by atoms with van der Waals surface area (Å²) in [5, 5.41) is 3.00. The normalized spacial score (nSPS) is 26.4. The second kappa shape index (κ2) is 12.5. The van der Waals surface area contributed by atoms with Gasteiger partial charge in [0.15, 0.2) is 0 Å². The molecule has 41 heavy (non-hydrogen) atoms. The van der Waals surface area contributed by atoms with E-state index < -0.39 is 0 Å². The first-order valence-corrected chi connectivity index (χ1v) is 15.2. The Bertz CT molecular complexity index is 1290. The Morgan fingerprint density at radius 2 is 1.88 bits per heavy atom. The van der Waals surface area contributed by atoms with Gasteiger partial charge >= 0.3 is 0 Å². The molecule has 1 aromatic heterocycles. The lowest BCUT2D eigenvalue weighted by Gasteiger charge is -2.47. The van der Waals surface area contributed by atoms with E-state index in [-0.39, 0.29) is 42.4 Å². The number of aromatic amines is 1. The van der Waals surface area contributed by atoms with Crippen molar-refractivity contribution in [3.8, 4) is 5.75 Å². The molecule has 0 spiro atoms. The number of nitrogens with zero attached hydrogens (tertiary/aromatic N) is 2. The predicted octanol–water partition coefficient (Wildman–Crippen LogP) is 3.86. The van der Waals surface area contributed by atoms with Gasteiger partial charge < -0.3 is 29.4 Å². The summed E-state index contributed by atoms with van der Waals surface area (Å²) in [6.07, 6.45) is 3.49. The van der Waals surface area contributed by atoms with E-state index in [0.29, 0.717) is 29.5 Å². The zero-order chi connectivity index (χ0) is 29.3. The Morgan fingerprint density at radius 3 is 2.51 bits per heavy atom. The van der Waals surface area contributed by atoms with Crippen molar-refractivity contribution < 1.29 is 19.0 Å². The van der Waals surface area contributed by atoms with Crippen LogP contribution < -0.4 is 20.5 Å². The molecule has 1 saturated carbocycles. The van der Waals surface area contributed by atoms with Crippen LogP contribution in [0.25, 0.3) is 0 Å². The highest BCUT2D eigenvalue weighted by atomic mass is 16.5. The lowest BCUT2D eigenvalue weighted by Crippen LogP contribution is -2.56. The van der Waals surface area contributed by atoms with Crippen LogP contribution in [0.5, 0.6) is 5.75 Å². The number of morpholine rings is 1. The minimum Gasteiger partial charge on any atom is -0.490 e.